The zero-order valence-corrected chi connectivity index (χ0v) is 17.7. The number of aliphatic hydroxyl groups is 1. The highest BCUT2D eigenvalue weighted by molar-refractivity contribution is 5.94. The number of fused-ring (bicyclic) bond motifs is 1. The molecule has 0 aliphatic carbocycles. The number of amides is 1. The van der Waals surface area contributed by atoms with Crippen molar-refractivity contribution < 1.29 is 9.90 Å². The lowest BCUT2D eigenvalue weighted by Gasteiger charge is -2.34. The number of hydrogen-bond acceptors (Lipinski definition) is 6. The molecule has 0 unspecified atom stereocenters. The van der Waals surface area contributed by atoms with E-state index in [0.717, 1.165) is 48.0 Å². The fourth-order valence-corrected chi connectivity index (χ4v) is 3.96. The fourth-order valence-electron chi connectivity index (χ4n) is 3.96. The first-order valence-electron chi connectivity index (χ1n) is 10.3. The van der Waals surface area contributed by atoms with E-state index in [4.69, 9.17) is 0 Å². The van der Waals surface area contributed by atoms with Crippen LogP contribution in [0.1, 0.15) is 26.7 Å². The quantitative estimate of drug-likeness (QED) is 0.673. The van der Waals surface area contributed by atoms with Crippen molar-refractivity contribution in [1.82, 2.24) is 24.6 Å². The maximum Gasteiger partial charge on any atom is 0.228 e. The van der Waals surface area contributed by atoms with E-state index in [2.05, 4.69) is 25.3 Å². The van der Waals surface area contributed by atoms with E-state index in [9.17, 15) is 9.90 Å². The number of aromatic nitrogens is 4. The van der Waals surface area contributed by atoms with Gasteiger partial charge in [-0.05, 0) is 51.9 Å². The molecule has 0 saturated carbocycles. The molecule has 1 aliphatic rings. The molecule has 4 rings (SSSR count). The monoisotopic (exact) mass is 408 g/mol. The molecule has 1 fully saturated rings. The van der Waals surface area contributed by atoms with Crippen LogP contribution in [-0.2, 0) is 11.8 Å². The van der Waals surface area contributed by atoms with Gasteiger partial charge in [0.1, 0.15) is 5.82 Å². The Morgan fingerprint density at radius 1 is 1.17 bits per heavy atom. The van der Waals surface area contributed by atoms with Crippen molar-refractivity contribution in [3.63, 3.8) is 0 Å². The number of carbonyl (C=O) groups excluding carboxylic acids is 1. The molecule has 1 amide bonds. The van der Waals surface area contributed by atoms with Gasteiger partial charge in [0.05, 0.1) is 23.5 Å². The summed E-state index contributed by atoms with van der Waals surface area (Å²) in [4.78, 5) is 23.8. The van der Waals surface area contributed by atoms with Crippen molar-refractivity contribution in [1.29, 1.82) is 0 Å². The molecule has 0 bridgehead atoms. The van der Waals surface area contributed by atoms with Crippen molar-refractivity contribution in [2.45, 2.75) is 32.3 Å². The molecule has 3 aromatic rings. The molecule has 0 atom stereocenters. The number of β-amino-alcohol motifs (C(OH)–C–C–N with tert-alkyl or cyclic N) is 1. The summed E-state index contributed by atoms with van der Waals surface area (Å²) in [6.45, 7) is 5.87. The summed E-state index contributed by atoms with van der Waals surface area (Å²) in [6, 6.07) is 3.90. The van der Waals surface area contributed by atoms with Crippen LogP contribution in [0.15, 0.2) is 36.9 Å². The van der Waals surface area contributed by atoms with Gasteiger partial charge >= 0.3 is 0 Å². The van der Waals surface area contributed by atoms with Gasteiger partial charge in [-0.25, -0.2) is 4.98 Å². The van der Waals surface area contributed by atoms with Crippen molar-refractivity contribution in [2.24, 2.45) is 13.0 Å². The minimum atomic E-state index is -0.715. The first kappa shape index (κ1) is 20.4. The molecule has 0 radical (unpaired) electrons. The zero-order chi connectivity index (χ0) is 21.3. The number of anilines is 1. The van der Waals surface area contributed by atoms with Crippen LogP contribution in [0.5, 0.6) is 0 Å². The lowest BCUT2D eigenvalue weighted by Crippen LogP contribution is -2.44. The molecule has 1 aliphatic heterocycles. The predicted octanol–water partition coefficient (Wildman–Crippen LogP) is 2.45. The van der Waals surface area contributed by atoms with E-state index in [-0.39, 0.29) is 11.8 Å². The molecular formula is C22H28N6O2. The smallest absolute Gasteiger partial charge is 0.228 e. The Labute approximate surface area is 175 Å². The number of carbonyl (C=O) groups is 1. The molecule has 8 nitrogen and oxygen atoms in total. The zero-order valence-electron chi connectivity index (χ0n) is 17.7. The van der Waals surface area contributed by atoms with E-state index in [1.54, 1.807) is 23.3 Å². The fraction of sp³-hybridized carbons (Fsp3) is 0.455. The van der Waals surface area contributed by atoms with Crippen LogP contribution >= 0.6 is 0 Å². The molecule has 30 heavy (non-hydrogen) atoms. The van der Waals surface area contributed by atoms with E-state index in [1.807, 2.05) is 39.2 Å². The maximum absolute atomic E-state index is 12.7. The molecule has 1 saturated heterocycles. The second kappa shape index (κ2) is 8.12. The van der Waals surface area contributed by atoms with Crippen LogP contribution in [0.2, 0.25) is 0 Å². The second-order valence-electron chi connectivity index (χ2n) is 8.74. The average molecular weight is 409 g/mol. The van der Waals surface area contributed by atoms with Gasteiger partial charge in [0, 0.05) is 48.4 Å². The normalized spacial score (nSPS) is 16.1. The average Bonchev–Trinajstić information content (AvgIpc) is 3.13. The van der Waals surface area contributed by atoms with E-state index < -0.39 is 5.60 Å². The minimum Gasteiger partial charge on any atom is -0.389 e. The Bertz CT molecular complexity index is 1050. The van der Waals surface area contributed by atoms with Crippen LogP contribution in [0.3, 0.4) is 0 Å². The van der Waals surface area contributed by atoms with E-state index in [1.165, 1.54) is 0 Å². The summed E-state index contributed by atoms with van der Waals surface area (Å²) < 4.78 is 1.75. The van der Waals surface area contributed by atoms with Crippen LogP contribution in [0.25, 0.3) is 22.0 Å². The molecule has 158 valence electrons. The molecule has 4 heterocycles. The molecular weight excluding hydrogens is 380 g/mol. The Morgan fingerprint density at radius 3 is 2.60 bits per heavy atom. The van der Waals surface area contributed by atoms with Crippen molar-refractivity contribution in [3.05, 3.63) is 36.9 Å². The standard InChI is InChI=1S/C22H28N6O2/c1-22(2,30)14-28-6-4-15(5-7-28)21(29)26-20-9-16-8-17(10-23-19(16)12-24-20)18-11-25-27(3)13-18/h8-13,15,30H,4-7,14H2,1-3H3,(H,24,26,29). The number of nitrogens with zero attached hydrogens (tertiary/aromatic N) is 5. The summed E-state index contributed by atoms with van der Waals surface area (Å²) in [5.41, 5.74) is 2.03. The number of pyridine rings is 2. The molecule has 8 heteroatoms. The predicted molar refractivity (Wildman–Crippen MR) is 116 cm³/mol. The van der Waals surface area contributed by atoms with E-state index >= 15 is 0 Å². The third-order valence-electron chi connectivity index (χ3n) is 5.43. The summed E-state index contributed by atoms with van der Waals surface area (Å²) in [6.07, 6.45) is 8.79. The molecule has 2 N–H and O–H groups in total. The summed E-state index contributed by atoms with van der Waals surface area (Å²) in [5.74, 6) is 0.498. The topological polar surface area (TPSA) is 96.2 Å². The third-order valence-corrected chi connectivity index (χ3v) is 5.43. The molecule has 0 spiro atoms. The third kappa shape index (κ3) is 4.83. The number of nitrogens with one attached hydrogen (secondary N) is 1. The number of aryl methyl sites for hydroxylation is 1. The van der Waals surface area contributed by atoms with Gasteiger partial charge in [-0.1, -0.05) is 0 Å². The van der Waals surface area contributed by atoms with Crippen LogP contribution < -0.4 is 5.32 Å². The summed E-state index contributed by atoms with van der Waals surface area (Å²) >= 11 is 0. The van der Waals surface area contributed by atoms with Crippen LogP contribution in [0, 0.1) is 5.92 Å². The number of piperidine rings is 1. The lowest BCUT2D eigenvalue weighted by molar-refractivity contribution is -0.121. The Hall–Kier alpha value is -2.84. The highest BCUT2D eigenvalue weighted by atomic mass is 16.3. The second-order valence-corrected chi connectivity index (χ2v) is 8.74. The van der Waals surface area contributed by atoms with E-state index in [0.29, 0.717) is 12.4 Å². The lowest BCUT2D eigenvalue weighted by atomic mass is 9.95. The highest BCUT2D eigenvalue weighted by Gasteiger charge is 2.27. The number of hydrogen-bond donors (Lipinski definition) is 2. The van der Waals surface area contributed by atoms with Crippen LogP contribution in [-0.4, -0.2) is 60.9 Å². The molecule has 3 aromatic heterocycles. The Morgan fingerprint density at radius 2 is 1.93 bits per heavy atom. The van der Waals surface area contributed by atoms with Crippen molar-refractivity contribution in [2.75, 3.05) is 25.0 Å². The summed E-state index contributed by atoms with van der Waals surface area (Å²) in [5, 5.41) is 18.1. The van der Waals surface area contributed by atoms with Gasteiger partial charge in [-0.2, -0.15) is 5.10 Å². The Kier molecular flexibility index (Phi) is 5.53. The minimum absolute atomic E-state index is 0.00105. The Balaban J connectivity index is 1.43. The van der Waals surface area contributed by atoms with Gasteiger partial charge in [-0.3, -0.25) is 14.5 Å². The largest absolute Gasteiger partial charge is 0.389 e. The van der Waals surface area contributed by atoms with Crippen LogP contribution in [0.4, 0.5) is 5.82 Å². The number of rotatable bonds is 5. The van der Waals surface area contributed by atoms with Crippen molar-refractivity contribution >= 4 is 22.6 Å². The SMILES string of the molecule is Cn1cc(-c2cnc3cnc(NC(=O)C4CCN(CC(C)(C)O)CC4)cc3c2)cn1. The first-order chi connectivity index (χ1) is 14.3. The van der Waals surface area contributed by atoms with Gasteiger partial charge in [0.15, 0.2) is 0 Å². The molecule has 0 aromatic carbocycles. The van der Waals surface area contributed by atoms with Gasteiger partial charge in [0.2, 0.25) is 5.91 Å². The van der Waals surface area contributed by atoms with Gasteiger partial charge in [0.25, 0.3) is 0 Å². The number of likely N-dealkylation sites (tertiary alicyclic amines) is 1. The maximum atomic E-state index is 12.7. The van der Waals surface area contributed by atoms with Crippen molar-refractivity contribution in [3.8, 4) is 11.1 Å². The first-order valence-corrected chi connectivity index (χ1v) is 10.3. The van der Waals surface area contributed by atoms with Gasteiger partial charge < -0.3 is 15.3 Å². The van der Waals surface area contributed by atoms with Gasteiger partial charge in [-0.15, -0.1) is 0 Å². The summed E-state index contributed by atoms with van der Waals surface area (Å²) in [7, 11) is 1.88. The highest BCUT2D eigenvalue weighted by Crippen LogP contribution is 2.24.